The molecule has 0 saturated carbocycles. The molecule has 0 bridgehead atoms. The summed E-state index contributed by atoms with van der Waals surface area (Å²) in [6, 6.07) is 1.56. The molecule has 5 nitrogen and oxygen atoms in total. The first-order valence-electron chi connectivity index (χ1n) is 4.16. The number of carbonyl (C=O) groups excluding carboxylic acids is 1. The van der Waals surface area contributed by atoms with Gasteiger partial charge in [-0.1, -0.05) is 0 Å². The Morgan fingerprint density at radius 1 is 1.29 bits per heavy atom. The molecular weight excluding hydrogens is 426 g/mol. The first-order chi connectivity index (χ1) is 7.84. The SMILES string of the molecule is NC(=O)c1c(Br)cc(Br)c(OCC(=O)O)c1Br. The number of carboxylic acid groups (broad SMARTS) is 1. The van der Waals surface area contributed by atoms with E-state index in [4.69, 9.17) is 15.6 Å². The fourth-order valence-electron chi connectivity index (χ4n) is 1.06. The standard InChI is InChI=1S/C9H6Br3NO4/c10-3-1-4(11)8(17-2-5(14)15)7(12)6(3)9(13)16/h1H,2H2,(H2,13,16)(H,14,15). The number of nitrogens with two attached hydrogens (primary N) is 1. The van der Waals surface area contributed by atoms with Crippen molar-refractivity contribution < 1.29 is 19.4 Å². The Morgan fingerprint density at radius 2 is 1.88 bits per heavy atom. The Morgan fingerprint density at radius 3 is 2.35 bits per heavy atom. The predicted octanol–water partition coefficient (Wildman–Crippen LogP) is 2.54. The van der Waals surface area contributed by atoms with Gasteiger partial charge in [-0.05, 0) is 53.9 Å². The zero-order chi connectivity index (χ0) is 13.2. The maximum absolute atomic E-state index is 11.2. The van der Waals surface area contributed by atoms with Gasteiger partial charge in [-0.25, -0.2) is 4.79 Å². The minimum atomic E-state index is -1.12. The monoisotopic (exact) mass is 429 g/mol. The van der Waals surface area contributed by atoms with Crippen LogP contribution in [0.2, 0.25) is 0 Å². The van der Waals surface area contributed by atoms with Crippen LogP contribution in [-0.4, -0.2) is 23.6 Å². The third-order valence-electron chi connectivity index (χ3n) is 1.71. The van der Waals surface area contributed by atoms with Gasteiger partial charge < -0.3 is 15.6 Å². The molecule has 1 aromatic rings. The molecule has 0 heterocycles. The normalized spacial score (nSPS) is 10.1. The van der Waals surface area contributed by atoms with Gasteiger partial charge in [-0.3, -0.25) is 4.79 Å². The van der Waals surface area contributed by atoms with Gasteiger partial charge in [-0.15, -0.1) is 0 Å². The number of hydrogen-bond acceptors (Lipinski definition) is 3. The van der Waals surface area contributed by atoms with Crippen molar-refractivity contribution in [2.24, 2.45) is 5.73 Å². The first-order valence-corrected chi connectivity index (χ1v) is 6.54. The molecule has 1 rings (SSSR count). The molecule has 0 radical (unpaired) electrons. The van der Waals surface area contributed by atoms with Crippen molar-refractivity contribution in [3.63, 3.8) is 0 Å². The Balaban J connectivity index is 3.25. The number of carboxylic acids is 1. The number of benzene rings is 1. The highest BCUT2D eigenvalue weighted by Gasteiger charge is 2.19. The number of primary amides is 1. The van der Waals surface area contributed by atoms with E-state index in [9.17, 15) is 9.59 Å². The van der Waals surface area contributed by atoms with Gasteiger partial charge in [0, 0.05) is 4.47 Å². The summed E-state index contributed by atoms with van der Waals surface area (Å²) in [4.78, 5) is 21.6. The number of carbonyl (C=O) groups is 2. The van der Waals surface area contributed by atoms with Crippen LogP contribution in [0.25, 0.3) is 0 Å². The van der Waals surface area contributed by atoms with Crippen LogP contribution in [0.1, 0.15) is 10.4 Å². The average Bonchev–Trinajstić information content (AvgIpc) is 2.14. The molecule has 1 aromatic carbocycles. The van der Waals surface area contributed by atoms with E-state index in [0.29, 0.717) is 13.4 Å². The van der Waals surface area contributed by atoms with Crippen LogP contribution in [0.4, 0.5) is 0 Å². The summed E-state index contributed by atoms with van der Waals surface area (Å²) >= 11 is 9.54. The number of amides is 1. The van der Waals surface area contributed by atoms with E-state index < -0.39 is 18.5 Å². The van der Waals surface area contributed by atoms with Gasteiger partial charge in [0.25, 0.3) is 5.91 Å². The molecule has 0 spiro atoms. The minimum Gasteiger partial charge on any atom is -0.480 e. The van der Waals surface area contributed by atoms with E-state index in [-0.39, 0.29) is 11.3 Å². The van der Waals surface area contributed by atoms with Crippen LogP contribution in [0.5, 0.6) is 5.75 Å². The maximum Gasteiger partial charge on any atom is 0.341 e. The number of aliphatic carboxylic acids is 1. The number of halogens is 3. The van der Waals surface area contributed by atoms with E-state index >= 15 is 0 Å². The van der Waals surface area contributed by atoms with Gasteiger partial charge in [-0.2, -0.15) is 0 Å². The zero-order valence-electron chi connectivity index (χ0n) is 8.17. The summed E-state index contributed by atoms with van der Waals surface area (Å²) in [5.74, 6) is -1.56. The van der Waals surface area contributed by atoms with E-state index in [2.05, 4.69) is 47.8 Å². The third-order valence-corrected chi connectivity index (χ3v) is 3.69. The molecule has 0 unspecified atom stereocenters. The average molecular weight is 432 g/mol. The van der Waals surface area contributed by atoms with Crippen molar-refractivity contribution in [1.29, 1.82) is 0 Å². The fraction of sp³-hybridized carbons (Fsp3) is 0.111. The van der Waals surface area contributed by atoms with Crippen molar-refractivity contribution in [3.8, 4) is 5.75 Å². The molecule has 0 atom stereocenters. The second-order valence-corrected chi connectivity index (χ2v) is 5.41. The van der Waals surface area contributed by atoms with Crippen molar-refractivity contribution in [1.82, 2.24) is 0 Å². The van der Waals surface area contributed by atoms with Gasteiger partial charge in [0.2, 0.25) is 0 Å². The molecule has 0 aliphatic rings. The number of hydrogen-bond donors (Lipinski definition) is 2. The highest BCUT2D eigenvalue weighted by atomic mass is 79.9. The molecule has 17 heavy (non-hydrogen) atoms. The molecule has 8 heteroatoms. The summed E-state index contributed by atoms with van der Waals surface area (Å²) < 4.78 is 6.33. The summed E-state index contributed by atoms with van der Waals surface area (Å²) in [6.07, 6.45) is 0. The smallest absolute Gasteiger partial charge is 0.341 e. The zero-order valence-corrected chi connectivity index (χ0v) is 12.9. The quantitative estimate of drug-likeness (QED) is 0.766. The van der Waals surface area contributed by atoms with Crippen LogP contribution in [0.15, 0.2) is 19.5 Å². The molecule has 0 aliphatic heterocycles. The molecule has 0 saturated heterocycles. The van der Waals surface area contributed by atoms with E-state index in [0.717, 1.165) is 0 Å². The molecule has 1 amide bonds. The Labute approximate surface area is 122 Å². The van der Waals surface area contributed by atoms with Crippen molar-refractivity contribution >= 4 is 59.7 Å². The number of rotatable bonds is 4. The Bertz CT molecular complexity index is 490. The van der Waals surface area contributed by atoms with Crippen molar-refractivity contribution in [2.75, 3.05) is 6.61 Å². The van der Waals surface area contributed by atoms with E-state index in [1.165, 1.54) is 0 Å². The van der Waals surface area contributed by atoms with Crippen LogP contribution in [0, 0.1) is 0 Å². The third kappa shape index (κ3) is 3.43. The van der Waals surface area contributed by atoms with Crippen molar-refractivity contribution in [3.05, 3.63) is 25.0 Å². The Hall–Kier alpha value is -0.600. The first kappa shape index (κ1) is 14.5. The molecule has 0 fully saturated rings. The molecule has 3 N–H and O–H groups in total. The summed E-state index contributed by atoms with van der Waals surface area (Å²) in [7, 11) is 0. The minimum absolute atomic E-state index is 0.189. The van der Waals surface area contributed by atoms with Gasteiger partial charge in [0.1, 0.15) is 5.75 Å². The summed E-state index contributed by atoms with van der Waals surface area (Å²) in [5.41, 5.74) is 5.39. The molecule has 0 aliphatic carbocycles. The lowest BCUT2D eigenvalue weighted by atomic mass is 10.2. The molecular formula is C9H6Br3NO4. The lowest BCUT2D eigenvalue weighted by Gasteiger charge is -2.12. The van der Waals surface area contributed by atoms with Crippen LogP contribution in [-0.2, 0) is 4.79 Å². The van der Waals surface area contributed by atoms with E-state index in [1.54, 1.807) is 6.07 Å². The van der Waals surface area contributed by atoms with Gasteiger partial charge >= 0.3 is 5.97 Å². The van der Waals surface area contributed by atoms with Crippen LogP contribution >= 0.6 is 47.8 Å². The highest BCUT2D eigenvalue weighted by molar-refractivity contribution is 9.11. The van der Waals surface area contributed by atoms with Crippen LogP contribution in [0.3, 0.4) is 0 Å². The topological polar surface area (TPSA) is 89.6 Å². The predicted molar refractivity (Wildman–Crippen MR) is 71.2 cm³/mol. The second kappa shape index (κ2) is 5.83. The lowest BCUT2D eigenvalue weighted by molar-refractivity contribution is -0.139. The maximum atomic E-state index is 11.2. The molecule has 92 valence electrons. The Kier molecular flexibility index (Phi) is 4.96. The summed E-state index contributed by atoms with van der Waals surface area (Å²) in [5, 5.41) is 8.53. The summed E-state index contributed by atoms with van der Waals surface area (Å²) in [6.45, 7) is -0.517. The van der Waals surface area contributed by atoms with Gasteiger partial charge in [0.05, 0.1) is 14.5 Å². The highest BCUT2D eigenvalue weighted by Crippen LogP contribution is 2.40. The van der Waals surface area contributed by atoms with Gasteiger partial charge in [0.15, 0.2) is 6.61 Å². The van der Waals surface area contributed by atoms with Crippen molar-refractivity contribution in [2.45, 2.75) is 0 Å². The molecule has 0 aromatic heterocycles. The van der Waals surface area contributed by atoms with Crippen LogP contribution < -0.4 is 10.5 Å². The lowest BCUT2D eigenvalue weighted by Crippen LogP contribution is -2.15. The van der Waals surface area contributed by atoms with E-state index in [1.807, 2.05) is 0 Å². The number of ether oxygens (including phenoxy) is 1. The second-order valence-electron chi connectivity index (χ2n) is 2.90. The fourth-order valence-corrected chi connectivity index (χ4v) is 3.80. The largest absolute Gasteiger partial charge is 0.480 e.